The Morgan fingerprint density at radius 2 is 1.83 bits per heavy atom. The molecule has 1 N–H and O–H groups in total. The number of nitrogens with one attached hydrogen (secondary N) is 1. The zero-order chi connectivity index (χ0) is 13.1. The van der Waals surface area contributed by atoms with Gasteiger partial charge in [0.2, 0.25) is 0 Å². The molecule has 18 heavy (non-hydrogen) atoms. The van der Waals surface area contributed by atoms with E-state index in [9.17, 15) is 0 Å². The summed E-state index contributed by atoms with van der Waals surface area (Å²) in [6.07, 6.45) is 3.59. The number of likely N-dealkylation sites (tertiary alicyclic amines) is 1. The van der Waals surface area contributed by atoms with Crippen LogP contribution in [0.5, 0.6) is 0 Å². The van der Waals surface area contributed by atoms with Gasteiger partial charge in [0.05, 0.1) is 12.2 Å². The molecule has 3 heteroatoms. The molecule has 5 atom stereocenters. The first-order valence-corrected chi connectivity index (χ1v) is 7.69. The first kappa shape index (κ1) is 14.3. The molecule has 2 aliphatic rings. The van der Waals surface area contributed by atoms with Crippen LogP contribution in [0.3, 0.4) is 0 Å². The Balaban J connectivity index is 1.70. The Bertz CT molecular complexity index is 253. The van der Waals surface area contributed by atoms with Crippen LogP contribution in [-0.2, 0) is 4.74 Å². The molecule has 0 bridgehead atoms. The smallest absolute Gasteiger partial charge is 0.0594 e. The largest absolute Gasteiger partial charge is 0.375 e. The SMILES string of the molecule is CC(CN1CCCC1)NCC1C(C)OC(C)C1C. The fourth-order valence-electron chi connectivity index (χ4n) is 3.45. The van der Waals surface area contributed by atoms with Gasteiger partial charge < -0.3 is 15.0 Å². The van der Waals surface area contributed by atoms with Crippen molar-refractivity contribution in [1.29, 1.82) is 0 Å². The molecular weight excluding hydrogens is 224 g/mol. The molecule has 2 saturated heterocycles. The van der Waals surface area contributed by atoms with E-state index in [0.717, 1.165) is 6.54 Å². The van der Waals surface area contributed by atoms with Crippen LogP contribution in [0.4, 0.5) is 0 Å². The maximum atomic E-state index is 5.90. The topological polar surface area (TPSA) is 24.5 Å². The lowest BCUT2D eigenvalue weighted by Crippen LogP contribution is -2.42. The third-order valence-electron chi connectivity index (χ3n) is 4.88. The van der Waals surface area contributed by atoms with E-state index in [4.69, 9.17) is 4.74 Å². The zero-order valence-electron chi connectivity index (χ0n) is 12.5. The molecule has 106 valence electrons. The molecular formula is C15H30N2O. The predicted octanol–water partition coefficient (Wildman–Crippen LogP) is 2.12. The van der Waals surface area contributed by atoms with Gasteiger partial charge in [-0.25, -0.2) is 0 Å². The van der Waals surface area contributed by atoms with Crippen molar-refractivity contribution in [2.24, 2.45) is 11.8 Å². The number of ether oxygens (including phenoxy) is 1. The molecule has 3 nitrogen and oxygen atoms in total. The molecule has 5 unspecified atom stereocenters. The van der Waals surface area contributed by atoms with Crippen LogP contribution in [0.15, 0.2) is 0 Å². The summed E-state index contributed by atoms with van der Waals surface area (Å²) < 4.78 is 5.90. The molecule has 0 aromatic rings. The molecule has 0 aliphatic carbocycles. The highest BCUT2D eigenvalue weighted by molar-refractivity contribution is 4.86. The average Bonchev–Trinajstić information content (AvgIpc) is 2.88. The van der Waals surface area contributed by atoms with E-state index < -0.39 is 0 Å². The maximum Gasteiger partial charge on any atom is 0.0594 e. The van der Waals surface area contributed by atoms with E-state index in [-0.39, 0.29) is 0 Å². The highest BCUT2D eigenvalue weighted by Gasteiger charge is 2.36. The molecule has 0 aromatic carbocycles. The van der Waals surface area contributed by atoms with Crippen LogP contribution in [-0.4, -0.2) is 49.3 Å². The van der Waals surface area contributed by atoms with Crippen LogP contribution < -0.4 is 5.32 Å². The first-order valence-electron chi connectivity index (χ1n) is 7.69. The van der Waals surface area contributed by atoms with Gasteiger partial charge in [0.15, 0.2) is 0 Å². The molecule has 0 saturated carbocycles. The lowest BCUT2D eigenvalue weighted by molar-refractivity contribution is 0.0509. The second-order valence-corrected chi connectivity index (χ2v) is 6.39. The Morgan fingerprint density at radius 1 is 1.17 bits per heavy atom. The normalized spacial score (nSPS) is 39.3. The van der Waals surface area contributed by atoms with Crippen molar-refractivity contribution in [3.8, 4) is 0 Å². The summed E-state index contributed by atoms with van der Waals surface area (Å²) in [5.74, 6) is 1.34. The van der Waals surface area contributed by atoms with E-state index >= 15 is 0 Å². The quantitative estimate of drug-likeness (QED) is 0.813. The lowest BCUT2D eigenvalue weighted by Gasteiger charge is -2.25. The molecule has 2 aliphatic heterocycles. The van der Waals surface area contributed by atoms with E-state index in [1.165, 1.54) is 32.5 Å². The number of hydrogen-bond donors (Lipinski definition) is 1. The summed E-state index contributed by atoms with van der Waals surface area (Å²) in [7, 11) is 0. The van der Waals surface area contributed by atoms with E-state index in [2.05, 4.69) is 37.9 Å². The van der Waals surface area contributed by atoms with Gasteiger partial charge in [-0.05, 0) is 52.6 Å². The summed E-state index contributed by atoms with van der Waals surface area (Å²) in [6.45, 7) is 13.9. The highest BCUT2D eigenvalue weighted by atomic mass is 16.5. The third kappa shape index (κ3) is 3.46. The van der Waals surface area contributed by atoms with Gasteiger partial charge in [0, 0.05) is 25.0 Å². The van der Waals surface area contributed by atoms with Gasteiger partial charge in [0.25, 0.3) is 0 Å². The van der Waals surface area contributed by atoms with Gasteiger partial charge in [-0.1, -0.05) is 6.92 Å². The maximum absolute atomic E-state index is 5.90. The first-order chi connectivity index (χ1) is 8.58. The van der Waals surface area contributed by atoms with Gasteiger partial charge >= 0.3 is 0 Å². The fraction of sp³-hybridized carbons (Fsp3) is 1.00. The fourth-order valence-corrected chi connectivity index (χ4v) is 3.45. The van der Waals surface area contributed by atoms with Crippen molar-refractivity contribution in [3.63, 3.8) is 0 Å². The van der Waals surface area contributed by atoms with Crippen LogP contribution in [0.25, 0.3) is 0 Å². The van der Waals surface area contributed by atoms with E-state index in [1.54, 1.807) is 0 Å². The molecule has 0 amide bonds. The Labute approximate surface area is 112 Å². The zero-order valence-corrected chi connectivity index (χ0v) is 12.5. The van der Waals surface area contributed by atoms with Crippen molar-refractivity contribution in [2.75, 3.05) is 26.2 Å². The Kier molecular flexibility index (Phi) is 5.05. The summed E-state index contributed by atoms with van der Waals surface area (Å²) in [6, 6.07) is 0.596. The minimum Gasteiger partial charge on any atom is -0.375 e. The minimum absolute atomic E-state index is 0.404. The predicted molar refractivity (Wildman–Crippen MR) is 75.8 cm³/mol. The summed E-state index contributed by atoms with van der Waals surface area (Å²) in [5, 5.41) is 3.71. The van der Waals surface area contributed by atoms with Crippen molar-refractivity contribution in [1.82, 2.24) is 10.2 Å². The van der Waals surface area contributed by atoms with Crippen LogP contribution >= 0.6 is 0 Å². The third-order valence-corrected chi connectivity index (χ3v) is 4.88. The average molecular weight is 254 g/mol. The van der Waals surface area contributed by atoms with Crippen molar-refractivity contribution in [3.05, 3.63) is 0 Å². The number of hydrogen-bond acceptors (Lipinski definition) is 3. The lowest BCUT2D eigenvalue weighted by atomic mass is 9.89. The van der Waals surface area contributed by atoms with Crippen LogP contribution in [0.2, 0.25) is 0 Å². The monoisotopic (exact) mass is 254 g/mol. The Hall–Kier alpha value is -0.120. The van der Waals surface area contributed by atoms with Crippen LogP contribution in [0, 0.1) is 11.8 Å². The molecule has 0 spiro atoms. The summed E-state index contributed by atoms with van der Waals surface area (Å²) >= 11 is 0. The van der Waals surface area contributed by atoms with E-state index in [0.29, 0.717) is 30.1 Å². The second kappa shape index (κ2) is 6.36. The van der Waals surface area contributed by atoms with Gasteiger partial charge in [-0.15, -0.1) is 0 Å². The second-order valence-electron chi connectivity index (χ2n) is 6.39. The molecule has 2 fully saturated rings. The number of nitrogens with zero attached hydrogens (tertiary/aromatic N) is 1. The van der Waals surface area contributed by atoms with Crippen molar-refractivity contribution >= 4 is 0 Å². The van der Waals surface area contributed by atoms with Crippen molar-refractivity contribution in [2.45, 2.75) is 58.8 Å². The van der Waals surface area contributed by atoms with Crippen LogP contribution in [0.1, 0.15) is 40.5 Å². The van der Waals surface area contributed by atoms with E-state index in [1.807, 2.05) is 0 Å². The van der Waals surface area contributed by atoms with Crippen molar-refractivity contribution < 1.29 is 4.74 Å². The minimum atomic E-state index is 0.404. The van der Waals surface area contributed by atoms with Gasteiger partial charge in [-0.2, -0.15) is 0 Å². The Morgan fingerprint density at radius 3 is 2.39 bits per heavy atom. The molecule has 2 rings (SSSR count). The number of rotatable bonds is 5. The van der Waals surface area contributed by atoms with Gasteiger partial charge in [-0.3, -0.25) is 0 Å². The molecule has 0 radical (unpaired) electrons. The molecule has 0 aromatic heterocycles. The molecule has 2 heterocycles. The van der Waals surface area contributed by atoms with Gasteiger partial charge in [0.1, 0.15) is 0 Å². The summed E-state index contributed by atoms with van der Waals surface area (Å²) in [5.41, 5.74) is 0. The standard InChI is InChI=1S/C15H30N2O/c1-11(10-17-7-5-6-8-17)16-9-15-12(2)13(3)18-14(15)4/h11-16H,5-10H2,1-4H3. The highest BCUT2D eigenvalue weighted by Crippen LogP contribution is 2.31. The summed E-state index contributed by atoms with van der Waals surface area (Å²) in [4.78, 5) is 2.58.